The van der Waals surface area contributed by atoms with E-state index >= 15 is 0 Å². The van der Waals surface area contributed by atoms with Crippen molar-refractivity contribution in [3.8, 4) is 11.1 Å². The molecule has 1 saturated heterocycles. The fourth-order valence-electron chi connectivity index (χ4n) is 3.67. The number of halogens is 3. The van der Waals surface area contributed by atoms with Gasteiger partial charge in [0.05, 0.1) is 30.2 Å². The van der Waals surface area contributed by atoms with Gasteiger partial charge in [0, 0.05) is 18.7 Å². The Hall–Kier alpha value is -3.43. The van der Waals surface area contributed by atoms with Crippen LogP contribution in [0.25, 0.3) is 11.1 Å². The summed E-state index contributed by atoms with van der Waals surface area (Å²) in [6, 6.07) is 20.1. The average molecular weight is 486 g/mol. The van der Waals surface area contributed by atoms with Crippen LogP contribution < -0.4 is 15.5 Å². The third-order valence-electron chi connectivity index (χ3n) is 5.41. The Morgan fingerprint density at radius 3 is 2.21 bits per heavy atom. The number of hydrogen-bond acceptors (Lipinski definition) is 4. The lowest BCUT2D eigenvalue weighted by atomic mass is 10.0. The highest BCUT2D eigenvalue weighted by atomic mass is 32.1. The predicted molar refractivity (Wildman–Crippen MR) is 130 cm³/mol. The molecule has 34 heavy (non-hydrogen) atoms. The van der Waals surface area contributed by atoms with Gasteiger partial charge in [0.15, 0.2) is 5.11 Å². The Morgan fingerprint density at radius 1 is 0.912 bits per heavy atom. The monoisotopic (exact) mass is 485 g/mol. The zero-order chi connectivity index (χ0) is 24.1. The van der Waals surface area contributed by atoms with E-state index in [-0.39, 0.29) is 10.8 Å². The van der Waals surface area contributed by atoms with Crippen LogP contribution in [0.2, 0.25) is 0 Å². The SMILES string of the molecule is O=C(NC(=S)Nc1cc(C(F)(F)F)ccc1N1CCOCC1)c1ccc(-c2ccccc2)cc1. The van der Waals surface area contributed by atoms with Gasteiger partial charge < -0.3 is 15.0 Å². The number of alkyl halides is 3. The maximum absolute atomic E-state index is 13.3. The van der Waals surface area contributed by atoms with Crippen LogP contribution in [-0.2, 0) is 10.9 Å². The van der Waals surface area contributed by atoms with E-state index < -0.39 is 17.6 Å². The number of thiocarbonyl (C=S) groups is 1. The van der Waals surface area contributed by atoms with Gasteiger partial charge in [-0.15, -0.1) is 0 Å². The number of nitrogens with one attached hydrogen (secondary N) is 2. The summed E-state index contributed by atoms with van der Waals surface area (Å²) in [7, 11) is 0. The molecule has 5 nitrogen and oxygen atoms in total. The average Bonchev–Trinajstić information content (AvgIpc) is 2.84. The maximum Gasteiger partial charge on any atom is 0.416 e. The molecule has 1 aliphatic heterocycles. The van der Waals surface area contributed by atoms with Crippen molar-refractivity contribution >= 4 is 34.6 Å². The van der Waals surface area contributed by atoms with Gasteiger partial charge in [0.1, 0.15) is 0 Å². The van der Waals surface area contributed by atoms with Gasteiger partial charge in [-0.25, -0.2) is 0 Å². The van der Waals surface area contributed by atoms with E-state index in [1.54, 1.807) is 12.1 Å². The maximum atomic E-state index is 13.3. The lowest BCUT2D eigenvalue weighted by Gasteiger charge is -2.31. The standard InChI is InChI=1S/C25H22F3N3O2S/c26-25(27,28)20-10-11-22(31-12-14-33-15-13-31)21(16-20)29-24(34)30-23(32)19-8-6-18(7-9-19)17-4-2-1-3-5-17/h1-11,16H,12-15H2,(H2,29,30,32,34). The molecule has 0 bridgehead atoms. The van der Waals surface area contributed by atoms with Crippen molar-refractivity contribution < 1.29 is 22.7 Å². The van der Waals surface area contributed by atoms with Gasteiger partial charge in [0.25, 0.3) is 5.91 Å². The van der Waals surface area contributed by atoms with Crippen LogP contribution in [0.4, 0.5) is 24.5 Å². The smallest absolute Gasteiger partial charge is 0.378 e. The van der Waals surface area contributed by atoms with Crippen molar-refractivity contribution in [1.82, 2.24) is 5.32 Å². The summed E-state index contributed by atoms with van der Waals surface area (Å²) < 4.78 is 45.2. The van der Waals surface area contributed by atoms with Crippen molar-refractivity contribution in [3.05, 3.63) is 83.9 Å². The first-order chi connectivity index (χ1) is 16.3. The molecule has 0 saturated carbocycles. The molecule has 176 valence electrons. The number of ether oxygens (including phenoxy) is 1. The second kappa shape index (κ2) is 10.2. The number of anilines is 2. The number of carbonyl (C=O) groups excluding carboxylic acids is 1. The van der Waals surface area contributed by atoms with Crippen molar-refractivity contribution in [2.75, 3.05) is 36.5 Å². The van der Waals surface area contributed by atoms with Crippen molar-refractivity contribution in [3.63, 3.8) is 0 Å². The van der Waals surface area contributed by atoms with Gasteiger partial charge in [-0.3, -0.25) is 10.1 Å². The summed E-state index contributed by atoms with van der Waals surface area (Å²) in [5.74, 6) is -0.461. The largest absolute Gasteiger partial charge is 0.416 e. The number of morpholine rings is 1. The van der Waals surface area contributed by atoms with Crippen LogP contribution in [0.3, 0.4) is 0 Å². The Bertz CT molecular complexity index is 1160. The quantitative estimate of drug-likeness (QED) is 0.489. The number of hydrogen-bond donors (Lipinski definition) is 2. The second-order valence-electron chi connectivity index (χ2n) is 7.68. The summed E-state index contributed by atoms with van der Waals surface area (Å²) in [5, 5.41) is 5.23. The Balaban J connectivity index is 1.48. The molecule has 0 unspecified atom stereocenters. The van der Waals surface area contributed by atoms with E-state index in [1.165, 1.54) is 6.07 Å². The lowest BCUT2D eigenvalue weighted by Crippen LogP contribution is -2.38. The number of benzene rings is 3. The molecule has 3 aromatic rings. The molecule has 4 rings (SSSR count). The van der Waals surface area contributed by atoms with Crippen molar-refractivity contribution in [1.29, 1.82) is 0 Å². The minimum Gasteiger partial charge on any atom is -0.378 e. The molecule has 2 N–H and O–H groups in total. The molecule has 0 aromatic heterocycles. The molecule has 0 aliphatic carbocycles. The number of carbonyl (C=O) groups is 1. The predicted octanol–water partition coefficient (Wildman–Crippen LogP) is 5.34. The van der Waals surface area contributed by atoms with Crippen LogP contribution in [0.1, 0.15) is 15.9 Å². The zero-order valence-electron chi connectivity index (χ0n) is 18.1. The van der Waals surface area contributed by atoms with E-state index in [0.717, 1.165) is 23.3 Å². The first-order valence-corrected chi connectivity index (χ1v) is 11.0. The van der Waals surface area contributed by atoms with E-state index in [1.807, 2.05) is 47.4 Å². The van der Waals surface area contributed by atoms with Crippen molar-refractivity contribution in [2.45, 2.75) is 6.18 Å². The molecule has 0 atom stereocenters. The number of rotatable bonds is 4. The number of amides is 1. The molecule has 9 heteroatoms. The molecule has 0 radical (unpaired) electrons. The van der Waals surface area contributed by atoms with Gasteiger partial charge in [-0.05, 0) is 53.7 Å². The fraction of sp³-hybridized carbons (Fsp3) is 0.200. The summed E-state index contributed by atoms with van der Waals surface area (Å²) in [6.07, 6.45) is -4.51. The van der Waals surface area contributed by atoms with Gasteiger partial charge >= 0.3 is 6.18 Å². The van der Waals surface area contributed by atoms with Crippen LogP contribution in [0, 0.1) is 0 Å². The van der Waals surface area contributed by atoms with Gasteiger partial charge in [-0.2, -0.15) is 13.2 Å². The Morgan fingerprint density at radius 2 is 1.56 bits per heavy atom. The summed E-state index contributed by atoms with van der Waals surface area (Å²) in [4.78, 5) is 14.6. The van der Waals surface area contributed by atoms with Crippen LogP contribution in [0.5, 0.6) is 0 Å². The molecule has 1 fully saturated rings. The lowest BCUT2D eigenvalue weighted by molar-refractivity contribution is -0.137. The van der Waals surface area contributed by atoms with Gasteiger partial charge in [0.2, 0.25) is 0 Å². The van der Waals surface area contributed by atoms with E-state index in [0.29, 0.717) is 37.6 Å². The first kappa shape index (κ1) is 23.7. The highest BCUT2D eigenvalue weighted by Gasteiger charge is 2.31. The second-order valence-corrected chi connectivity index (χ2v) is 8.09. The third-order valence-corrected chi connectivity index (χ3v) is 5.61. The topological polar surface area (TPSA) is 53.6 Å². The van der Waals surface area contributed by atoms with Gasteiger partial charge in [-0.1, -0.05) is 42.5 Å². The summed E-state index contributed by atoms with van der Waals surface area (Å²) >= 11 is 5.24. The van der Waals surface area contributed by atoms with E-state index in [4.69, 9.17) is 17.0 Å². The Labute approximate surface area is 200 Å². The number of nitrogens with zero attached hydrogens (tertiary/aromatic N) is 1. The minimum absolute atomic E-state index is 0.0917. The fourth-order valence-corrected chi connectivity index (χ4v) is 3.87. The molecule has 3 aromatic carbocycles. The molecule has 1 heterocycles. The molecule has 1 amide bonds. The summed E-state index contributed by atoms with van der Waals surface area (Å²) in [5.41, 5.74) is 2.27. The third kappa shape index (κ3) is 5.73. The van der Waals surface area contributed by atoms with E-state index in [2.05, 4.69) is 10.6 Å². The highest BCUT2D eigenvalue weighted by molar-refractivity contribution is 7.80. The normalized spacial score (nSPS) is 13.9. The minimum atomic E-state index is -4.51. The molecular formula is C25H22F3N3O2S. The highest BCUT2D eigenvalue weighted by Crippen LogP contribution is 2.35. The van der Waals surface area contributed by atoms with Crippen molar-refractivity contribution in [2.24, 2.45) is 0 Å². The first-order valence-electron chi connectivity index (χ1n) is 10.6. The Kier molecular flexibility index (Phi) is 7.14. The molecular weight excluding hydrogens is 463 g/mol. The molecule has 1 aliphatic rings. The molecule has 0 spiro atoms. The zero-order valence-corrected chi connectivity index (χ0v) is 18.9. The summed E-state index contributed by atoms with van der Waals surface area (Å²) in [6.45, 7) is 2.01. The van der Waals surface area contributed by atoms with E-state index in [9.17, 15) is 18.0 Å². The van der Waals surface area contributed by atoms with Crippen LogP contribution in [-0.4, -0.2) is 37.3 Å². The van der Waals surface area contributed by atoms with Crippen LogP contribution in [0.15, 0.2) is 72.8 Å². The van der Waals surface area contributed by atoms with Crippen LogP contribution >= 0.6 is 12.2 Å².